The van der Waals surface area contributed by atoms with Gasteiger partial charge in [0.15, 0.2) is 9.84 Å². The monoisotopic (exact) mass is 390 g/mol. The van der Waals surface area contributed by atoms with E-state index in [1.54, 1.807) is 0 Å². The van der Waals surface area contributed by atoms with Crippen LogP contribution >= 0.6 is 11.6 Å². The number of aromatic nitrogens is 2. The molecule has 0 saturated heterocycles. The van der Waals surface area contributed by atoms with Crippen LogP contribution in [0.15, 0.2) is 40.4 Å². The molecule has 0 aliphatic heterocycles. The molecule has 1 aromatic heterocycles. The molecule has 0 unspecified atom stereocenters. The van der Waals surface area contributed by atoms with E-state index >= 15 is 0 Å². The fourth-order valence-electron chi connectivity index (χ4n) is 1.86. The molecule has 1 aromatic carbocycles. The molecule has 8 nitrogen and oxygen atoms in total. The lowest BCUT2D eigenvalue weighted by molar-refractivity contribution is 0.587. The summed E-state index contributed by atoms with van der Waals surface area (Å²) in [7, 11) is -6.05. The zero-order valence-corrected chi connectivity index (χ0v) is 15.2. The van der Waals surface area contributed by atoms with Gasteiger partial charge in [-0.2, -0.15) is 0 Å². The van der Waals surface area contributed by atoms with Gasteiger partial charge in [0.25, 0.3) is 0 Å². The topological polar surface area (TPSA) is 118 Å². The average molecular weight is 391 g/mol. The van der Waals surface area contributed by atoms with Crippen LogP contribution in [0.3, 0.4) is 0 Å². The quantitative estimate of drug-likeness (QED) is 0.718. The Balaban J connectivity index is 2.62. The molecule has 0 amide bonds. The van der Waals surface area contributed by atoms with Crippen LogP contribution in [0, 0.1) is 0 Å². The van der Waals surface area contributed by atoms with Crippen molar-refractivity contribution in [2.24, 2.45) is 0 Å². The number of halogens is 1. The van der Waals surface area contributed by atoms with Crippen molar-refractivity contribution in [3.05, 3.63) is 35.7 Å². The van der Waals surface area contributed by atoms with Gasteiger partial charge in [0, 0.05) is 6.07 Å². The number of sulfone groups is 1. The van der Waals surface area contributed by atoms with Crippen LogP contribution in [0.2, 0.25) is 5.15 Å². The first-order valence-electron chi connectivity index (χ1n) is 6.74. The van der Waals surface area contributed by atoms with Gasteiger partial charge in [-0.3, -0.25) is 0 Å². The molecule has 2 N–H and O–H groups in total. The minimum absolute atomic E-state index is 0.0326. The summed E-state index contributed by atoms with van der Waals surface area (Å²) in [4.78, 5) is 7.54. The minimum atomic E-state index is -3.73. The van der Waals surface area contributed by atoms with Crippen molar-refractivity contribution in [3.63, 3.8) is 0 Å². The normalized spacial score (nSPS) is 12.1. The van der Waals surface area contributed by atoms with Crippen LogP contribution in [0.5, 0.6) is 0 Å². The second-order valence-electron chi connectivity index (χ2n) is 4.62. The van der Waals surface area contributed by atoms with E-state index in [0.29, 0.717) is 0 Å². The van der Waals surface area contributed by atoms with Crippen LogP contribution in [0.4, 0.5) is 11.5 Å². The van der Waals surface area contributed by atoms with Crippen molar-refractivity contribution in [2.45, 2.75) is 16.7 Å². The average Bonchev–Trinajstić information content (AvgIpc) is 2.54. The van der Waals surface area contributed by atoms with Gasteiger partial charge in [-0.15, -0.1) is 0 Å². The largest absolute Gasteiger partial charge is 0.339 e. The van der Waals surface area contributed by atoms with E-state index in [0.717, 1.165) is 0 Å². The molecule has 11 heteroatoms. The highest BCUT2D eigenvalue weighted by molar-refractivity contribution is 7.91. The molecule has 0 aliphatic rings. The van der Waals surface area contributed by atoms with Crippen molar-refractivity contribution >= 4 is 43.0 Å². The van der Waals surface area contributed by atoms with Crippen molar-refractivity contribution < 1.29 is 16.8 Å². The highest BCUT2D eigenvalue weighted by Crippen LogP contribution is 2.28. The molecule has 0 spiro atoms. The lowest BCUT2D eigenvalue weighted by atomic mass is 10.3. The maximum atomic E-state index is 12.2. The molecule has 0 bridgehead atoms. The summed E-state index contributed by atoms with van der Waals surface area (Å²) in [5, 5.41) is 2.94. The Kier molecular flexibility index (Phi) is 5.43. The van der Waals surface area contributed by atoms with Crippen molar-refractivity contribution in [3.8, 4) is 0 Å². The first kappa shape index (κ1) is 18.6. The van der Waals surface area contributed by atoms with Crippen molar-refractivity contribution in [2.75, 3.05) is 18.1 Å². The highest BCUT2D eigenvalue weighted by atomic mass is 35.5. The van der Waals surface area contributed by atoms with Crippen LogP contribution < -0.4 is 10.0 Å². The Labute approximate surface area is 145 Å². The van der Waals surface area contributed by atoms with E-state index < -0.39 is 19.9 Å². The van der Waals surface area contributed by atoms with E-state index in [1.165, 1.54) is 44.6 Å². The SMILES string of the molecule is CCS(=O)(=O)c1ccc(S(=O)(=O)NC)cc1Nc1cc(Cl)ncn1. The fourth-order valence-corrected chi connectivity index (χ4v) is 3.79. The number of anilines is 2. The van der Waals surface area contributed by atoms with E-state index in [2.05, 4.69) is 20.0 Å². The summed E-state index contributed by atoms with van der Waals surface area (Å²) in [6.07, 6.45) is 1.20. The van der Waals surface area contributed by atoms with Gasteiger partial charge in [-0.05, 0) is 25.2 Å². The van der Waals surface area contributed by atoms with Gasteiger partial charge in [0.1, 0.15) is 17.3 Å². The van der Waals surface area contributed by atoms with Gasteiger partial charge >= 0.3 is 0 Å². The van der Waals surface area contributed by atoms with Crippen LogP contribution in [0.1, 0.15) is 6.92 Å². The van der Waals surface area contributed by atoms with Gasteiger partial charge in [0.05, 0.1) is 21.2 Å². The summed E-state index contributed by atoms with van der Waals surface area (Å²) in [5.74, 6) is 0.103. The minimum Gasteiger partial charge on any atom is -0.339 e. The Hall–Kier alpha value is -1.75. The van der Waals surface area contributed by atoms with Gasteiger partial charge in [0.2, 0.25) is 10.0 Å². The lowest BCUT2D eigenvalue weighted by Gasteiger charge is -2.13. The van der Waals surface area contributed by atoms with Crippen molar-refractivity contribution in [1.82, 2.24) is 14.7 Å². The molecule has 0 radical (unpaired) electrons. The van der Waals surface area contributed by atoms with Crippen LogP contribution in [-0.2, 0) is 19.9 Å². The molecular weight excluding hydrogens is 376 g/mol. The number of rotatable bonds is 6. The maximum absolute atomic E-state index is 12.2. The number of nitrogens with one attached hydrogen (secondary N) is 2. The summed E-state index contributed by atoms with van der Waals surface area (Å²) in [6.45, 7) is 1.50. The second kappa shape index (κ2) is 7.01. The Morgan fingerprint density at radius 3 is 2.42 bits per heavy atom. The smallest absolute Gasteiger partial charge is 0.240 e. The first-order chi connectivity index (χ1) is 11.2. The summed E-state index contributed by atoms with van der Waals surface area (Å²) >= 11 is 5.78. The van der Waals surface area contributed by atoms with Crippen LogP contribution in [0.25, 0.3) is 0 Å². The molecule has 0 saturated carbocycles. The highest BCUT2D eigenvalue weighted by Gasteiger charge is 2.21. The molecule has 130 valence electrons. The van der Waals surface area contributed by atoms with Gasteiger partial charge in [-0.25, -0.2) is 31.5 Å². The van der Waals surface area contributed by atoms with Crippen LogP contribution in [-0.4, -0.2) is 39.6 Å². The molecular formula is C13H15ClN4O4S2. The summed E-state index contributed by atoms with van der Waals surface area (Å²) in [5.41, 5.74) is 0.0861. The maximum Gasteiger partial charge on any atom is 0.240 e. The summed E-state index contributed by atoms with van der Waals surface area (Å²) < 4.78 is 50.6. The van der Waals surface area contributed by atoms with Gasteiger partial charge < -0.3 is 5.32 Å². The molecule has 0 aliphatic carbocycles. The third-order valence-electron chi connectivity index (χ3n) is 3.14. The Morgan fingerprint density at radius 1 is 1.12 bits per heavy atom. The zero-order valence-electron chi connectivity index (χ0n) is 12.8. The van der Waals surface area contributed by atoms with E-state index in [1.807, 2.05) is 0 Å². The molecule has 0 atom stereocenters. The Morgan fingerprint density at radius 2 is 1.83 bits per heavy atom. The van der Waals surface area contributed by atoms with E-state index in [4.69, 9.17) is 11.6 Å². The zero-order chi connectivity index (χ0) is 18.0. The van der Waals surface area contributed by atoms with E-state index in [-0.39, 0.29) is 32.2 Å². The second-order valence-corrected chi connectivity index (χ2v) is 9.14. The predicted octanol–water partition coefficient (Wildman–Crippen LogP) is 1.58. The Bertz CT molecular complexity index is 962. The van der Waals surface area contributed by atoms with E-state index in [9.17, 15) is 16.8 Å². The molecule has 1 heterocycles. The number of nitrogens with zero attached hydrogens (tertiary/aromatic N) is 2. The van der Waals surface area contributed by atoms with Gasteiger partial charge in [-0.1, -0.05) is 18.5 Å². The molecule has 0 fully saturated rings. The molecule has 24 heavy (non-hydrogen) atoms. The molecule has 2 rings (SSSR count). The fraction of sp³-hybridized carbons (Fsp3) is 0.231. The standard InChI is InChI=1S/C13H15ClN4O4S2/c1-3-23(19,20)11-5-4-9(24(21,22)15-2)6-10(11)18-13-7-12(14)16-8-17-13/h4-8,15H,3H2,1-2H3,(H,16,17,18). The third-order valence-corrected chi connectivity index (χ3v) is 6.55. The molecule has 2 aromatic rings. The number of benzene rings is 1. The number of sulfonamides is 1. The number of hydrogen-bond donors (Lipinski definition) is 2. The lowest BCUT2D eigenvalue weighted by Crippen LogP contribution is -2.19. The number of hydrogen-bond acceptors (Lipinski definition) is 7. The third kappa shape index (κ3) is 4.01. The van der Waals surface area contributed by atoms with Crippen molar-refractivity contribution in [1.29, 1.82) is 0 Å². The predicted molar refractivity (Wildman–Crippen MR) is 90.7 cm³/mol. The first-order valence-corrected chi connectivity index (χ1v) is 10.3. The summed E-state index contributed by atoms with van der Waals surface area (Å²) in [6, 6.07) is 5.09.